The molecule has 0 fully saturated rings. The van der Waals surface area contributed by atoms with Gasteiger partial charge in [0.25, 0.3) is 0 Å². The summed E-state index contributed by atoms with van der Waals surface area (Å²) in [5.74, 6) is -0.285. The topological polar surface area (TPSA) is 66.6 Å². The molecular formula is C13H18N2O2. The number of para-hydroxylation sites is 1. The number of aliphatic hydroxyl groups excluding tert-OH is 1. The summed E-state index contributed by atoms with van der Waals surface area (Å²) in [5, 5.41) is 10.0. The Morgan fingerprint density at radius 3 is 3.00 bits per heavy atom. The number of amides is 1. The van der Waals surface area contributed by atoms with E-state index in [4.69, 9.17) is 5.73 Å². The molecular weight excluding hydrogens is 216 g/mol. The van der Waals surface area contributed by atoms with Crippen LogP contribution in [0, 0.1) is 0 Å². The summed E-state index contributed by atoms with van der Waals surface area (Å²) in [5.41, 5.74) is 7.16. The fourth-order valence-corrected chi connectivity index (χ4v) is 2.29. The summed E-state index contributed by atoms with van der Waals surface area (Å²) < 4.78 is 0. The third-order valence-electron chi connectivity index (χ3n) is 3.17. The van der Waals surface area contributed by atoms with E-state index in [0.717, 1.165) is 30.6 Å². The number of nitrogens with zero attached hydrogens (tertiary/aromatic N) is 1. The average molecular weight is 234 g/mol. The van der Waals surface area contributed by atoms with Crippen LogP contribution in [0.5, 0.6) is 0 Å². The van der Waals surface area contributed by atoms with Crippen LogP contribution in [0.15, 0.2) is 24.3 Å². The Labute approximate surface area is 101 Å². The summed E-state index contributed by atoms with van der Waals surface area (Å²) in [6.45, 7) is 1.49. The lowest BCUT2D eigenvalue weighted by Gasteiger charge is -2.24. The first-order valence-corrected chi connectivity index (χ1v) is 5.98. The number of aliphatic hydroxyl groups is 1. The van der Waals surface area contributed by atoms with E-state index in [2.05, 4.69) is 4.90 Å². The van der Waals surface area contributed by atoms with Crippen molar-refractivity contribution < 1.29 is 9.90 Å². The Morgan fingerprint density at radius 1 is 1.47 bits per heavy atom. The molecule has 2 rings (SSSR count). The first-order valence-electron chi connectivity index (χ1n) is 5.98. The van der Waals surface area contributed by atoms with Crippen molar-refractivity contribution in [3.05, 3.63) is 29.8 Å². The Kier molecular flexibility index (Phi) is 3.64. The predicted octanol–water partition coefficient (Wildman–Crippen LogP) is 1.20. The van der Waals surface area contributed by atoms with Crippen molar-refractivity contribution >= 4 is 11.6 Å². The molecule has 0 radical (unpaired) electrons. The van der Waals surface area contributed by atoms with Gasteiger partial charge in [0.05, 0.1) is 6.10 Å². The molecule has 1 heterocycles. The van der Waals surface area contributed by atoms with Crippen molar-refractivity contribution in [3.63, 3.8) is 0 Å². The summed E-state index contributed by atoms with van der Waals surface area (Å²) in [7, 11) is 0. The van der Waals surface area contributed by atoms with Gasteiger partial charge in [-0.1, -0.05) is 18.2 Å². The molecule has 92 valence electrons. The number of nitrogens with two attached hydrogens (primary N) is 1. The molecule has 3 N–H and O–H groups in total. The van der Waals surface area contributed by atoms with Crippen LogP contribution < -0.4 is 10.6 Å². The average Bonchev–Trinajstić information content (AvgIpc) is 2.47. The molecule has 4 heteroatoms. The fraction of sp³-hybridized carbons (Fsp3) is 0.462. The highest BCUT2D eigenvalue weighted by Gasteiger charge is 2.20. The van der Waals surface area contributed by atoms with E-state index in [0.29, 0.717) is 13.0 Å². The highest BCUT2D eigenvalue weighted by atomic mass is 16.3. The quantitative estimate of drug-likeness (QED) is 0.825. The lowest BCUT2D eigenvalue weighted by Crippen LogP contribution is -2.28. The molecule has 0 saturated heterocycles. The number of fused-ring (bicyclic) bond motifs is 1. The van der Waals surface area contributed by atoms with Crippen molar-refractivity contribution in [3.8, 4) is 0 Å². The SMILES string of the molecule is NC(=O)CCN1CCCC(O)c2ccccc21. The van der Waals surface area contributed by atoms with Gasteiger partial charge in [-0.15, -0.1) is 0 Å². The number of anilines is 1. The minimum Gasteiger partial charge on any atom is -0.388 e. The van der Waals surface area contributed by atoms with E-state index in [-0.39, 0.29) is 5.91 Å². The molecule has 1 aromatic rings. The van der Waals surface area contributed by atoms with Gasteiger partial charge in [-0.2, -0.15) is 0 Å². The van der Waals surface area contributed by atoms with Crippen LogP contribution in [0.4, 0.5) is 5.69 Å². The van der Waals surface area contributed by atoms with Gasteiger partial charge in [0, 0.05) is 30.8 Å². The predicted molar refractivity (Wildman–Crippen MR) is 66.7 cm³/mol. The maximum absolute atomic E-state index is 10.9. The third kappa shape index (κ3) is 2.77. The summed E-state index contributed by atoms with van der Waals surface area (Å²) in [4.78, 5) is 13.0. The first kappa shape index (κ1) is 11.9. The summed E-state index contributed by atoms with van der Waals surface area (Å²) in [6.07, 6.45) is 1.65. The van der Waals surface area contributed by atoms with Gasteiger partial charge in [-0.25, -0.2) is 0 Å². The number of benzene rings is 1. The third-order valence-corrected chi connectivity index (χ3v) is 3.17. The molecule has 1 unspecified atom stereocenters. The Morgan fingerprint density at radius 2 is 2.24 bits per heavy atom. The Hall–Kier alpha value is -1.55. The maximum atomic E-state index is 10.9. The van der Waals surface area contributed by atoms with E-state index in [1.54, 1.807) is 0 Å². The molecule has 0 aromatic heterocycles. The molecule has 0 bridgehead atoms. The number of hydrogen-bond donors (Lipinski definition) is 2. The number of hydrogen-bond acceptors (Lipinski definition) is 3. The molecule has 0 aliphatic carbocycles. The van der Waals surface area contributed by atoms with Gasteiger partial charge in [0.15, 0.2) is 0 Å². The highest BCUT2D eigenvalue weighted by Crippen LogP contribution is 2.32. The monoisotopic (exact) mass is 234 g/mol. The fourth-order valence-electron chi connectivity index (χ4n) is 2.29. The number of rotatable bonds is 3. The van der Waals surface area contributed by atoms with Gasteiger partial charge < -0.3 is 15.7 Å². The van der Waals surface area contributed by atoms with Crippen LogP contribution in [0.25, 0.3) is 0 Å². The van der Waals surface area contributed by atoms with E-state index in [1.165, 1.54) is 0 Å². The zero-order chi connectivity index (χ0) is 12.3. The second-order valence-corrected chi connectivity index (χ2v) is 4.42. The van der Waals surface area contributed by atoms with Gasteiger partial charge in [0.1, 0.15) is 0 Å². The van der Waals surface area contributed by atoms with E-state index >= 15 is 0 Å². The smallest absolute Gasteiger partial charge is 0.219 e. The van der Waals surface area contributed by atoms with Crippen LogP contribution in [-0.2, 0) is 4.79 Å². The number of primary amides is 1. The number of carbonyl (C=O) groups excluding carboxylic acids is 1. The van der Waals surface area contributed by atoms with E-state index < -0.39 is 6.10 Å². The van der Waals surface area contributed by atoms with Crippen LogP contribution in [-0.4, -0.2) is 24.1 Å². The molecule has 0 spiro atoms. The van der Waals surface area contributed by atoms with Crippen LogP contribution in [0.1, 0.15) is 30.9 Å². The van der Waals surface area contributed by atoms with Gasteiger partial charge in [0.2, 0.25) is 5.91 Å². The zero-order valence-corrected chi connectivity index (χ0v) is 9.80. The van der Waals surface area contributed by atoms with Crippen molar-refractivity contribution in [1.82, 2.24) is 0 Å². The molecule has 1 amide bonds. The number of carbonyl (C=O) groups is 1. The van der Waals surface area contributed by atoms with Crippen molar-refractivity contribution in [2.45, 2.75) is 25.4 Å². The molecule has 17 heavy (non-hydrogen) atoms. The molecule has 0 saturated carbocycles. The second kappa shape index (κ2) is 5.19. The second-order valence-electron chi connectivity index (χ2n) is 4.42. The maximum Gasteiger partial charge on any atom is 0.219 e. The van der Waals surface area contributed by atoms with Gasteiger partial charge >= 0.3 is 0 Å². The summed E-state index contributed by atoms with van der Waals surface area (Å²) in [6, 6.07) is 7.82. The standard InChI is InChI=1S/C13H18N2O2/c14-13(17)7-9-15-8-3-6-12(16)10-4-1-2-5-11(10)15/h1-2,4-5,12,16H,3,6-9H2,(H2,14,17). The van der Waals surface area contributed by atoms with E-state index in [9.17, 15) is 9.90 Å². The minimum atomic E-state index is -0.398. The molecule has 4 nitrogen and oxygen atoms in total. The normalized spacial score (nSPS) is 19.6. The largest absolute Gasteiger partial charge is 0.388 e. The molecule has 1 aliphatic heterocycles. The molecule has 1 aromatic carbocycles. The van der Waals surface area contributed by atoms with Crippen LogP contribution in [0.3, 0.4) is 0 Å². The van der Waals surface area contributed by atoms with Gasteiger partial charge in [-0.3, -0.25) is 4.79 Å². The Balaban J connectivity index is 2.22. The molecule has 1 atom stereocenters. The van der Waals surface area contributed by atoms with Crippen molar-refractivity contribution in [1.29, 1.82) is 0 Å². The van der Waals surface area contributed by atoms with Crippen molar-refractivity contribution in [2.75, 3.05) is 18.0 Å². The zero-order valence-electron chi connectivity index (χ0n) is 9.80. The molecule has 1 aliphatic rings. The Bertz CT molecular complexity index is 406. The van der Waals surface area contributed by atoms with E-state index in [1.807, 2.05) is 24.3 Å². The van der Waals surface area contributed by atoms with Crippen LogP contribution >= 0.6 is 0 Å². The van der Waals surface area contributed by atoms with Crippen molar-refractivity contribution in [2.24, 2.45) is 5.73 Å². The first-order chi connectivity index (χ1) is 8.18. The van der Waals surface area contributed by atoms with Gasteiger partial charge in [-0.05, 0) is 18.9 Å². The highest BCUT2D eigenvalue weighted by molar-refractivity contribution is 5.74. The lowest BCUT2D eigenvalue weighted by molar-refractivity contribution is -0.117. The minimum absolute atomic E-state index is 0.285. The van der Waals surface area contributed by atoms with Crippen LogP contribution in [0.2, 0.25) is 0 Å². The lowest BCUT2D eigenvalue weighted by atomic mass is 10.0. The summed E-state index contributed by atoms with van der Waals surface area (Å²) >= 11 is 0.